The standard InChI is InChI=1S/C19H21N5O7/c1-19(2,3)31-18(29)20-14(17(27)28)9-23-8-11(21-22-23)10-30-24-15(25)12-6-4-5-7-13(12)16(24)26/h4-8,14H,9-10H2,1-3H3,(H,20,29)(H,27,28). The summed E-state index contributed by atoms with van der Waals surface area (Å²) in [5.74, 6) is -2.45. The largest absolute Gasteiger partial charge is 0.480 e. The van der Waals surface area contributed by atoms with Crippen molar-refractivity contribution in [2.45, 2.75) is 45.6 Å². The zero-order valence-corrected chi connectivity index (χ0v) is 17.1. The summed E-state index contributed by atoms with van der Waals surface area (Å²) in [5, 5.41) is 19.9. The molecule has 164 valence electrons. The first-order valence-corrected chi connectivity index (χ1v) is 9.27. The third-order valence-electron chi connectivity index (χ3n) is 4.04. The van der Waals surface area contributed by atoms with Crippen LogP contribution in [0, 0.1) is 0 Å². The minimum atomic E-state index is -1.32. The van der Waals surface area contributed by atoms with Gasteiger partial charge in [0.15, 0.2) is 0 Å². The highest BCUT2D eigenvalue weighted by Crippen LogP contribution is 2.23. The summed E-state index contributed by atoms with van der Waals surface area (Å²) in [5.41, 5.74) is -0.0463. The summed E-state index contributed by atoms with van der Waals surface area (Å²) in [4.78, 5) is 53.1. The fourth-order valence-corrected chi connectivity index (χ4v) is 2.73. The van der Waals surface area contributed by atoms with Crippen LogP contribution in [0.5, 0.6) is 0 Å². The molecule has 1 unspecified atom stereocenters. The Morgan fingerprint density at radius 2 is 1.77 bits per heavy atom. The maximum Gasteiger partial charge on any atom is 0.408 e. The Morgan fingerprint density at radius 1 is 1.16 bits per heavy atom. The van der Waals surface area contributed by atoms with E-state index in [0.717, 1.165) is 0 Å². The highest BCUT2D eigenvalue weighted by Gasteiger charge is 2.36. The molecule has 0 fully saturated rings. The van der Waals surface area contributed by atoms with Crippen LogP contribution in [0.4, 0.5) is 4.79 Å². The number of aromatic nitrogens is 3. The van der Waals surface area contributed by atoms with Gasteiger partial charge in [-0.05, 0) is 32.9 Å². The number of nitrogens with one attached hydrogen (secondary N) is 1. The van der Waals surface area contributed by atoms with E-state index < -0.39 is 35.5 Å². The van der Waals surface area contributed by atoms with E-state index in [1.165, 1.54) is 23.0 Å². The van der Waals surface area contributed by atoms with Gasteiger partial charge in [0.2, 0.25) is 0 Å². The Hall–Kier alpha value is -3.80. The Morgan fingerprint density at radius 3 is 2.32 bits per heavy atom. The van der Waals surface area contributed by atoms with E-state index in [-0.39, 0.29) is 30.0 Å². The first kappa shape index (κ1) is 21.9. The van der Waals surface area contributed by atoms with E-state index in [4.69, 9.17) is 9.57 Å². The van der Waals surface area contributed by atoms with Gasteiger partial charge in [-0.2, -0.15) is 0 Å². The van der Waals surface area contributed by atoms with E-state index in [2.05, 4.69) is 15.6 Å². The Kier molecular flexibility index (Phi) is 6.02. The van der Waals surface area contributed by atoms with Crippen LogP contribution in [-0.2, 0) is 27.5 Å². The van der Waals surface area contributed by atoms with Crippen LogP contribution in [0.1, 0.15) is 47.2 Å². The predicted octanol–water partition coefficient (Wildman–Crippen LogP) is 0.984. The number of carbonyl (C=O) groups excluding carboxylic acids is 3. The SMILES string of the molecule is CC(C)(C)OC(=O)NC(Cn1cc(CON2C(=O)c3ccccc3C2=O)nn1)C(=O)O. The van der Waals surface area contributed by atoms with Gasteiger partial charge in [0.05, 0.1) is 23.9 Å². The van der Waals surface area contributed by atoms with Crippen molar-refractivity contribution < 1.29 is 33.9 Å². The highest BCUT2D eigenvalue weighted by molar-refractivity contribution is 6.20. The van der Waals surface area contributed by atoms with Crippen LogP contribution in [0.15, 0.2) is 30.5 Å². The minimum absolute atomic E-state index is 0.228. The van der Waals surface area contributed by atoms with Gasteiger partial charge in [0.1, 0.15) is 23.9 Å². The lowest BCUT2D eigenvalue weighted by Crippen LogP contribution is -2.45. The Balaban J connectivity index is 1.58. The second-order valence-electron chi connectivity index (χ2n) is 7.69. The number of imide groups is 1. The van der Waals surface area contributed by atoms with Gasteiger partial charge in [0.25, 0.3) is 11.8 Å². The van der Waals surface area contributed by atoms with Crippen LogP contribution in [0.25, 0.3) is 0 Å². The van der Waals surface area contributed by atoms with E-state index in [1.807, 2.05) is 0 Å². The Bertz CT molecular complexity index is 992. The average molecular weight is 431 g/mol. The van der Waals surface area contributed by atoms with Gasteiger partial charge >= 0.3 is 12.1 Å². The predicted molar refractivity (Wildman–Crippen MR) is 103 cm³/mol. The summed E-state index contributed by atoms with van der Waals surface area (Å²) in [6, 6.07) is 5.02. The lowest BCUT2D eigenvalue weighted by molar-refractivity contribution is -0.139. The molecule has 0 spiro atoms. The fourth-order valence-electron chi connectivity index (χ4n) is 2.73. The zero-order valence-electron chi connectivity index (χ0n) is 17.1. The number of amides is 3. The summed E-state index contributed by atoms with van der Waals surface area (Å²) < 4.78 is 6.25. The van der Waals surface area contributed by atoms with Gasteiger partial charge in [-0.1, -0.05) is 17.3 Å². The molecule has 0 saturated heterocycles. The molecule has 1 aromatic carbocycles. The number of carboxylic acid groups (broad SMARTS) is 1. The Labute approximate surface area is 176 Å². The van der Waals surface area contributed by atoms with E-state index in [1.54, 1.807) is 32.9 Å². The van der Waals surface area contributed by atoms with Crippen molar-refractivity contribution in [3.8, 4) is 0 Å². The number of nitrogens with zero attached hydrogens (tertiary/aromatic N) is 4. The number of carbonyl (C=O) groups is 4. The molecule has 1 aromatic heterocycles. The number of hydrogen-bond donors (Lipinski definition) is 2. The molecule has 12 heteroatoms. The number of ether oxygens (including phenoxy) is 1. The summed E-state index contributed by atoms with van der Waals surface area (Å²) in [6.07, 6.45) is 0.499. The summed E-state index contributed by atoms with van der Waals surface area (Å²) in [7, 11) is 0. The second-order valence-corrected chi connectivity index (χ2v) is 7.69. The average Bonchev–Trinajstić information content (AvgIpc) is 3.21. The highest BCUT2D eigenvalue weighted by atomic mass is 16.7. The van der Waals surface area contributed by atoms with Crippen molar-refractivity contribution in [1.29, 1.82) is 0 Å². The molecular formula is C19H21N5O7. The quantitative estimate of drug-likeness (QED) is 0.611. The molecule has 2 N–H and O–H groups in total. The molecule has 0 bridgehead atoms. The number of fused-ring (bicyclic) bond motifs is 1. The zero-order chi connectivity index (χ0) is 22.8. The molecule has 1 atom stereocenters. The number of hydrogen-bond acceptors (Lipinski definition) is 8. The fraction of sp³-hybridized carbons (Fsp3) is 0.368. The second kappa shape index (κ2) is 8.52. The van der Waals surface area contributed by atoms with Crippen molar-refractivity contribution in [3.05, 3.63) is 47.3 Å². The van der Waals surface area contributed by atoms with Crippen molar-refractivity contribution in [2.24, 2.45) is 0 Å². The van der Waals surface area contributed by atoms with Gasteiger partial charge < -0.3 is 15.2 Å². The maximum absolute atomic E-state index is 12.3. The number of rotatable bonds is 7. The molecule has 31 heavy (non-hydrogen) atoms. The molecule has 2 aromatic rings. The third kappa shape index (κ3) is 5.22. The maximum atomic E-state index is 12.3. The molecule has 0 saturated carbocycles. The molecule has 12 nitrogen and oxygen atoms in total. The molecule has 2 heterocycles. The number of alkyl carbamates (subject to hydrolysis) is 1. The lowest BCUT2D eigenvalue weighted by Gasteiger charge is -2.21. The molecule has 3 amide bonds. The van der Waals surface area contributed by atoms with E-state index in [0.29, 0.717) is 5.06 Å². The molecule has 0 radical (unpaired) electrons. The van der Waals surface area contributed by atoms with Gasteiger partial charge in [0, 0.05) is 0 Å². The van der Waals surface area contributed by atoms with Gasteiger partial charge in [-0.15, -0.1) is 10.2 Å². The monoisotopic (exact) mass is 431 g/mol. The van der Waals surface area contributed by atoms with Gasteiger partial charge in [-0.3, -0.25) is 14.4 Å². The third-order valence-corrected chi connectivity index (χ3v) is 4.04. The van der Waals surface area contributed by atoms with Crippen molar-refractivity contribution >= 4 is 23.9 Å². The molecule has 1 aliphatic heterocycles. The van der Waals surface area contributed by atoms with Crippen molar-refractivity contribution in [3.63, 3.8) is 0 Å². The first-order chi connectivity index (χ1) is 14.5. The molecular weight excluding hydrogens is 410 g/mol. The normalized spacial score (nSPS) is 14.4. The molecule has 1 aliphatic rings. The molecule has 3 rings (SSSR count). The number of aliphatic carboxylic acids is 1. The molecule has 0 aliphatic carbocycles. The number of benzene rings is 1. The first-order valence-electron chi connectivity index (χ1n) is 9.27. The van der Waals surface area contributed by atoms with Crippen molar-refractivity contribution in [1.82, 2.24) is 25.4 Å². The van der Waals surface area contributed by atoms with Crippen LogP contribution in [0.2, 0.25) is 0 Å². The number of carboxylic acids is 1. The van der Waals surface area contributed by atoms with Crippen LogP contribution in [-0.4, -0.2) is 60.7 Å². The van der Waals surface area contributed by atoms with Crippen LogP contribution < -0.4 is 5.32 Å². The van der Waals surface area contributed by atoms with E-state index in [9.17, 15) is 24.3 Å². The topological polar surface area (TPSA) is 153 Å². The minimum Gasteiger partial charge on any atom is -0.480 e. The van der Waals surface area contributed by atoms with Crippen LogP contribution in [0.3, 0.4) is 0 Å². The lowest BCUT2D eigenvalue weighted by atomic mass is 10.1. The van der Waals surface area contributed by atoms with Crippen molar-refractivity contribution in [2.75, 3.05) is 0 Å². The van der Waals surface area contributed by atoms with Crippen LogP contribution >= 0.6 is 0 Å². The number of hydroxylamine groups is 2. The summed E-state index contributed by atoms with van der Waals surface area (Å²) in [6.45, 7) is 4.48. The van der Waals surface area contributed by atoms with Gasteiger partial charge in [-0.25, -0.2) is 14.3 Å². The smallest absolute Gasteiger partial charge is 0.408 e. The summed E-state index contributed by atoms with van der Waals surface area (Å²) >= 11 is 0. The van der Waals surface area contributed by atoms with E-state index >= 15 is 0 Å².